The summed E-state index contributed by atoms with van der Waals surface area (Å²) >= 11 is 0. The average Bonchev–Trinajstić information content (AvgIpc) is 2.92. The Morgan fingerprint density at radius 3 is 2.48 bits per heavy atom. The largest absolute Gasteiger partial charge is 0.391 e. The molecular weight excluding hydrogens is 526 g/mol. The summed E-state index contributed by atoms with van der Waals surface area (Å²) in [5.41, 5.74) is 3.90. The van der Waals surface area contributed by atoms with Crippen LogP contribution in [0.15, 0.2) is 42.7 Å². The molecule has 3 aromatic rings. The maximum Gasteiger partial charge on any atom is 0.185 e. The summed E-state index contributed by atoms with van der Waals surface area (Å²) in [6, 6.07) is 5.22. The molecule has 2 aromatic heterocycles. The van der Waals surface area contributed by atoms with E-state index in [2.05, 4.69) is 9.97 Å². The molecular formula is C30H31F4N3O3. The van der Waals surface area contributed by atoms with E-state index in [9.17, 15) is 14.3 Å². The molecule has 0 unspecified atom stereocenters. The van der Waals surface area contributed by atoms with Crippen molar-refractivity contribution in [3.63, 3.8) is 0 Å². The lowest BCUT2D eigenvalue weighted by molar-refractivity contribution is -0.0117. The summed E-state index contributed by atoms with van der Waals surface area (Å²) in [5, 5.41) is 10.2. The number of nitrogens with zero attached hydrogens (tertiary/aromatic N) is 2. The Kier molecular flexibility index (Phi) is 8.03. The lowest BCUT2D eigenvalue weighted by atomic mass is 9.74. The number of rotatable bonds is 6. The molecule has 1 saturated heterocycles. The first-order valence-electron chi connectivity index (χ1n) is 13.4. The van der Waals surface area contributed by atoms with Crippen molar-refractivity contribution in [2.24, 2.45) is 11.7 Å². The standard InChI is InChI=1S/C30H31F4N3O3/c1-16-10-17(11-24(35)29(16)39)20-4-7-36-15-18(20)12-26(38)25-3-2-21(31)28(37-25)27-22(32)13-19(14-23(27)33)30(34)5-8-40-9-6-30/h2-4,7,13-17,24,29,39H,5-6,8-12,35H2,1H3/t16-,17+,24+,29-/m0/s1. The molecule has 0 spiro atoms. The lowest BCUT2D eigenvalue weighted by Gasteiger charge is -2.36. The van der Waals surface area contributed by atoms with Gasteiger partial charge in [0.1, 0.15) is 34.5 Å². The molecule has 10 heteroatoms. The molecule has 0 radical (unpaired) electrons. The maximum absolute atomic E-state index is 15.3. The number of alkyl halides is 1. The topological polar surface area (TPSA) is 98.3 Å². The summed E-state index contributed by atoms with van der Waals surface area (Å²) in [4.78, 5) is 21.4. The number of hydrogen-bond acceptors (Lipinski definition) is 6. The molecule has 1 aliphatic heterocycles. The number of ketones is 1. The number of pyridine rings is 2. The van der Waals surface area contributed by atoms with E-state index in [1.165, 1.54) is 0 Å². The van der Waals surface area contributed by atoms with Crippen LogP contribution >= 0.6 is 0 Å². The van der Waals surface area contributed by atoms with Crippen LogP contribution in [0, 0.1) is 23.4 Å². The predicted octanol–water partition coefficient (Wildman–Crippen LogP) is 5.16. The number of carbonyl (C=O) groups excluding carboxylic acids is 1. The van der Waals surface area contributed by atoms with E-state index in [4.69, 9.17) is 10.5 Å². The molecule has 4 atom stereocenters. The van der Waals surface area contributed by atoms with Crippen LogP contribution in [-0.4, -0.2) is 46.2 Å². The minimum atomic E-state index is -1.96. The maximum atomic E-state index is 15.3. The van der Waals surface area contributed by atoms with Crippen molar-refractivity contribution in [2.75, 3.05) is 13.2 Å². The summed E-state index contributed by atoms with van der Waals surface area (Å²) in [6.07, 6.45) is 3.58. The van der Waals surface area contributed by atoms with Gasteiger partial charge in [0.15, 0.2) is 5.78 Å². The molecule has 5 rings (SSSR count). The highest BCUT2D eigenvalue weighted by molar-refractivity contribution is 5.96. The van der Waals surface area contributed by atoms with Crippen molar-refractivity contribution in [1.29, 1.82) is 0 Å². The predicted molar refractivity (Wildman–Crippen MR) is 140 cm³/mol. The van der Waals surface area contributed by atoms with Crippen LogP contribution in [0.1, 0.15) is 65.7 Å². The third-order valence-corrected chi connectivity index (χ3v) is 8.18. The van der Waals surface area contributed by atoms with Crippen molar-refractivity contribution in [1.82, 2.24) is 9.97 Å². The van der Waals surface area contributed by atoms with Crippen molar-refractivity contribution < 1.29 is 32.2 Å². The van der Waals surface area contributed by atoms with Crippen LogP contribution in [-0.2, 0) is 16.8 Å². The van der Waals surface area contributed by atoms with Crippen molar-refractivity contribution >= 4 is 5.78 Å². The smallest absolute Gasteiger partial charge is 0.185 e. The van der Waals surface area contributed by atoms with E-state index in [1.807, 2.05) is 13.0 Å². The first-order valence-corrected chi connectivity index (χ1v) is 13.4. The van der Waals surface area contributed by atoms with Crippen LogP contribution in [0.4, 0.5) is 17.6 Å². The number of aliphatic hydroxyl groups is 1. The Labute approximate surface area is 229 Å². The monoisotopic (exact) mass is 557 g/mol. The first-order chi connectivity index (χ1) is 19.1. The summed E-state index contributed by atoms with van der Waals surface area (Å²) in [7, 11) is 0. The molecule has 6 nitrogen and oxygen atoms in total. The van der Waals surface area contributed by atoms with Gasteiger partial charge < -0.3 is 15.6 Å². The van der Waals surface area contributed by atoms with Gasteiger partial charge in [-0.2, -0.15) is 0 Å². The summed E-state index contributed by atoms with van der Waals surface area (Å²) < 4.78 is 65.6. The molecule has 40 heavy (non-hydrogen) atoms. The number of ether oxygens (including phenoxy) is 1. The van der Waals surface area contributed by atoms with Gasteiger partial charge in [-0.1, -0.05) is 6.92 Å². The second-order valence-electron chi connectivity index (χ2n) is 10.9. The minimum absolute atomic E-state index is 0.00664. The molecule has 212 valence electrons. The molecule has 0 amide bonds. The molecule has 1 aromatic carbocycles. The SMILES string of the molecule is C[C@H]1C[C@@H](c2ccncc2CC(=O)c2ccc(F)c(-c3c(F)cc(C4(F)CCOCC4)cc3F)n2)C[C@@H](N)[C@H]1O. The second-order valence-corrected chi connectivity index (χ2v) is 10.9. The molecule has 2 fully saturated rings. The van der Waals surface area contributed by atoms with E-state index in [1.54, 1.807) is 12.4 Å². The summed E-state index contributed by atoms with van der Waals surface area (Å²) in [5.74, 6) is -3.88. The van der Waals surface area contributed by atoms with E-state index in [0.717, 1.165) is 29.8 Å². The van der Waals surface area contributed by atoms with Gasteiger partial charge in [-0.15, -0.1) is 0 Å². The van der Waals surface area contributed by atoms with Crippen LogP contribution < -0.4 is 5.73 Å². The van der Waals surface area contributed by atoms with Gasteiger partial charge in [-0.25, -0.2) is 22.5 Å². The van der Waals surface area contributed by atoms with Crippen LogP contribution in [0.25, 0.3) is 11.3 Å². The second kappa shape index (κ2) is 11.3. The van der Waals surface area contributed by atoms with E-state index in [0.29, 0.717) is 18.4 Å². The number of aromatic nitrogens is 2. The highest BCUT2D eigenvalue weighted by atomic mass is 19.1. The highest BCUT2D eigenvalue weighted by Crippen LogP contribution is 2.40. The lowest BCUT2D eigenvalue weighted by Crippen LogP contribution is -2.44. The van der Waals surface area contributed by atoms with Gasteiger partial charge in [-0.3, -0.25) is 9.78 Å². The minimum Gasteiger partial charge on any atom is -0.391 e. The van der Waals surface area contributed by atoms with Gasteiger partial charge in [0.05, 0.1) is 11.7 Å². The third-order valence-electron chi connectivity index (χ3n) is 8.18. The zero-order valence-electron chi connectivity index (χ0n) is 22.0. The number of benzene rings is 1. The molecule has 2 aliphatic rings. The summed E-state index contributed by atoms with van der Waals surface area (Å²) in [6.45, 7) is 2.17. The van der Waals surface area contributed by atoms with Crippen LogP contribution in [0.2, 0.25) is 0 Å². The van der Waals surface area contributed by atoms with Crippen molar-refractivity contribution in [3.05, 3.63) is 82.6 Å². The Bertz CT molecular complexity index is 1380. The number of aliphatic hydroxyl groups excluding tert-OH is 1. The van der Waals surface area contributed by atoms with E-state index in [-0.39, 0.29) is 55.6 Å². The quantitative estimate of drug-likeness (QED) is 0.321. The Morgan fingerprint density at radius 2 is 1.80 bits per heavy atom. The molecule has 3 N–H and O–H groups in total. The molecule has 1 saturated carbocycles. The van der Waals surface area contributed by atoms with Crippen LogP contribution in [0.3, 0.4) is 0 Å². The highest BCUT2D eigenvalue weighted by Gasteiger charge is 2.37. The number of halogens is 4. The number of Topliss-reactive ketones (excluding diaryl/α,β-unsaturated/α-hetero) is 1. The fourth-order valence-electron chi connectivity index (χ4n) is 5.89. The van der Waals surface area contributed by atoms with Crippen molar-refractivity contribution in [3.8, 4) is 11.3 Å². The number of carbonyl (C=O) groups is 1. The van der Waals surface area contributed by atoms with Gasteiger partial charge in [-0.05, 0) is 71.7 Å². The number of nitrogens with two attached hydrogens (primary N) is 1. The Hall–Kier alpha value is -3.21. The van der Waals surface area contributed by atoms with Gasteiger partial charge in [0.2, 0.25) is 0 Å². The fraction of sp³-hybridized carbons (Fsp3) is 0.433. The Morgan fingerprint density at radius 1 is 1.10 bits per heavy atom. The zero-order chi connectivity index (χ0) is 28.6. The van der Waals surface area contributed by atoms with Gasteiger partial charge in [0.25, 0.3) is 0 Å². The number of hydrogen-bond donors (Lipinski definition) is 2. The van der Waals surface area contributed by atoms with Crippen molar-refractivity contribution in [2.45, 2.75) is 62.8 Å². The molecule has 0 bridgehead atoms. The van der Waals surface area contributed by atoms with Gasteiger partial charge >= 0.3 is 0 Å². The fourth-order valence-corrected chi connectivity index (χ4v) is 5.89. The zero-order valence-corrected chi connectivity index (χ0v) is 22.0. The first kappa shape index (κ1) is 28.3. The normalized spacial score (nSPS) is 24.6. The molecule has 1 aliphatic carbocycles. The van der Waals surface area contributed by atoms with Gasteiger partial charge in [0, 0.05) is 50.9 Å². The van der Waals surface area contributed by atoms with E-state index < -0.39 is 52.3 Å². The molecule has 3 heterocycles. The van der Waals surface area contributed by atoms with E-state index >= 15 is 13.2 Å². The Balaban J connectivity index is 1.42. The van der Waals surface area contributed by atoms with Crippen LogP contribution in [0.5, 0.6) is 0 Å². The third kappa shape index (κ3) is 5.53. The average molecular weight is 558 g/mol.